The van der Waals surface area contributed by atoms with E-state index in [9.17, 15) is 0 Å². The first-order valence-corrected chi connectivity index (χ1v) is 7.02. The number of hydrogen-bond donors (Lipinski definition) is 2. The average molecular weight is 240 g/mol. The predicted molar refractivity (Wildman–Crippen MR) is 70.9 cm³/mol. The van der Waals surface area contributed by atoms with Crippen molar-refractivity contribution in [1.29, 1.82) is 0 Å². The summed E-state index contributed by atoms with van der Waals surface area (Å²) in [5.41, 5.74) is 6.50. The summed E-state index contributed by atoms with van der Waals surface area (Å²) in [6, 6.07) is 0. The fourth-order valence-electron chi connectivity index (χ4n) is 2.97. The Morgan fingerprint density at radius 2 is 2.06 bits per heavy atom. The van der Waals surface area contributed by atoms with E-state index in [1.54, 1.807) is 0 Å². The molecule has 0 aromatic rings. The zero-order valence-corrected chi connectivity index (χ0v) is 11.8. The van der Waals surface area contributed by atoms with Gasteiger partial charge in [-0.25, -0.2) is 0 Å². The Bertz CT molecular complexity index is 279. The molecule has 3 heteroatoms. The standard InChI is InChI=1S/C14H28N2O/c1-5-17-12-7-14(15,13(12,3)4)9-16-8-11-6-10(11)2/h10-12,16H,5-9,15H2,1-4H3. The molecule has 2 fully saturated rings. The summed E-state index contributed by atoms with van der Waals surface area (Å²) in [6.07, 6.45) is 2.70. The summed E-state index contributed by atoms with van der Waals surface area (Å²) >= 11 is 0. The molecular weight excluding hydrogens is 212 g/mol. The molecule has 0 aromatic heterocycles. The van der Waals surface area contributed by atoms with Gasteiger partial charge in [-0.1, -0.05) is 20.8 Å². The number of nitrogens with one attached hydrogen (secondary N) is 1. The van der Waals surface area contributed by atoms with Crippen LogP contribution in [0.15, 0.2) is 0 Å². The molecule has 2 aliphatic carbocycles. The van der Waals surface area contributed by atoms with E-state index in [2.05, 4.69) is 33.0 Å². The van der Waals surface area contributed by atoms with Gasteiger partial charge in [-0.15, -0.1) is 0 Å². The normalized spacial score (nSPS) is 43.2. The van der Waals surface area contributed by atoms with Crippen LogP contribution in [0.25, 0.3) is 0 Å². The molecule has 4 unspecified atom stereocenters. The summed E-state index contributed by atoms with van der Waals surface area (Å²) in [7, 11) is 0. The van der Waals surface area contributed by atoms with Crippen molar-refractivity contribution >= 4 is 0 Å². The smallest absolute Gasteiger partial charge is 0.0662 e. The fraction of sp³-hybridized carbons (Fsp3) is 1.00. The van der Waals surface area contributed by atoms with E-state index < -0.39 is 0 Å². The van der Waals surface area contributed by atoms with Gasteiger partial charge < -0.3 is 15.8 Å². The van der Waals surface area contributed by atoms with Gasteiger partial charge in [0.15, 0.2) is 0 Å². The maximum absolute atomic E-state index is 6.50. The summed E-state index contributed by atoms with van der Waals surface area (Å²) in [4.78, 5) is 0. The van der Waals surface area contributed by atoms with Crippen LogP contribution >= 0.6 is 0 Å². The van der Waals surface area contributed by atoms with E-state index in [4.69, 9.17) is 10.5 Å². The van der Waals surface area contributed by atoms with Gasteiger partial charge in [0.05, 0.1) is 6.10 Å². The largest absolute Gasteiger partial charge is 0.378 e. The van der Waals surface area contributed by atoms with Crippen molar-refractivity contribution in [2.45, 2.75) is 52.2 Å². The molecule has 0 saturated heterocycles. The Hall–Kier alpha value is -0.120. The predicted octanol–water partition coefficient (Wildman–Crippen LogP) is 1.76. The van der Waals surface area contributed by atoms with Crippen LogP contribution in [0.2, 0.25) is 0 Å². The van der Waals surface area contributed by atoms with Gasteiger partial charge >= 0.3 is 0 Å². The van der Waals surface area contributed by atoms with Gasteiger partial charge in [-0.2, -0.15) is 0 Å². The lowest BCUT2D eigenvalue weighted by Gasteiger charge is -2.59. The summed E-state index contributed by atoms with van der Waals surface area (Å²) < 4.78 is 5.74. The van der Waals surface area contributed by atoms with E-state index in [1.807, 2.05) is 0 Å². The number of ether oxygens (including phenoxy) is 1. The lowest BCUT2D eigenvalue weighted by molar-refractivity contribution is -0.148. The fourth-order valence-corrected chi connectivity index (χ4v) is 2.97. The molecule has 2 aliphatic rings. The van der Waals surface area contributed by atoms with Gasteiger partial charge in [0, 0.05) is 24.1 Å². The minimum absolute atomic E-state index is 0.0885. The van der Waals surface area contributed by atoms with E-state index in [-0.39, 0.29) is 11.0 Å². The summed E-state index contributed by atoms with van der Waals surface area (Å²) in [5, 5.41) is 3.56. The van der Waals surface area contributed by atoms with Crippen molar-refractivity contribution in [3.63, 3.8) is 0 Å². The monoisotopic (exact) mass is 240 g/mol. The third-order valence-electron chi connectivity index (χ3n) is 5.13. The Morgan fingerprint density at radius 3 is 2.53 bits per heavy atom. The Labute approximate surface area is 105 Å². The molecule has 0 heterocycles. The molecule has 0 radical (unpaired) electrons. The van der Waals surface area contributed by atoms with Crippen molar-refractivity contribution in [3.05, 3.63) is 0 Å². The molecule has 0 amide bonds. The van der Waals surface area contributed by atoms with Gasteiger partial charge in [0.25, 0.3) is 0 Å². The highest BCUT2D eigenvalue weighted by Gasteiger charge is 2.58. The van der Waals surface area contributed by atoms with Gasteiger partial charge in [0.1, 0.15) is 0 Å². The second kappa shape index (κ2) is 4.52. The van der Waals surface area contributed by atoms with Crippen LogP contribution in [0.3, 0.4) is 0 Å². The molecule has 0 aliphatic heterocycles. The van der Waals surface area contributed by atoms with Crippen LogP contribution < -0.4 is 11.1 Å². The molecule has 0 spiro atoms. The first kappa shape index (κ1) is 13.3. The van der Waals surface area contributed by atoms with Crippen LogP contribution in [0.4, 0.5) is 0 Å². The first-order valence-electron chi connectivity index (χ1n) is 7.02. The van der Waals surface area contributed by atoms with Crippen LogP contribution in [-0.2, 0) is 4.74 Å². The highest BCUT2D eigenvalue weighted by Crippen LogP contribution is 2.49. The van der Waals surface area contributed by atoms with Crippen LogP contribution in [-0.4, -0.2) is 31.3 Å². The molecule has 0 aromatic carbocycles. The number of nitrogens with two attached hydrogens (primary N) is 1. The van der Waals surface area contributed by atoms with Crippen LogP contribution in [0, 0.1) is 17.3 Å². The zero-order valence-electron chi connectivity index (χ0n) is 11.8. The van der Waals surface area contributed by atoms with E-state index >= 15 is 0 Å². The number of hydrogen-bond acceptors (Lipinski definition) is 3. The highest BCUT2D eigenvalue weighted by atomic mass is 16.5. The van der Waals surface area contributed by atoms with Gasteiger partial charge in [-0.3, -0.25) is 0 Å². The lowest BCUT2D eigenvalue weighted by Crippen LogP contribution is -2.73. The topological polar surface area (TPSA) is 47.3 Å². The second-order valence-electron chi connectivity index (χ2n) is 6.63. The second-order valence-corrected chi connectivity index (χ2v) is 6.63. The molecule has 17 heavy (non-hydrogen) atoms. The molecule has 3 nitrogen and oxygen atoms in total. The Morgan fingerprint density at radius 1 is 1.41 bits per heavy atom. The van der Waals surface area contributed by atoms with Crippen molar-refractivity contribution in [3.8, 4) is 0 Å². The van der Waals surface area contributed by atoms with Gasteiger partial charge in [-0.05, 0) is 38.1 Å². The van der Waals surface area contributed by atoms with Crippen molar-refractivity contribution in [2.75, 3.05) is 19.7 Å². The first-order chi connectivity index (χ1) is 7.90. The zero-order chi connectivity index (χ0) is 12.7. The third-order valence-corrected chi connectivity index (χ3v) is 5.13. The van der Waals surface area contributed by atoms with E-state index in [0.29, 0.717) is 6.10 Å². The van der Waals surface area contributed by atoms with Crippen molar-refractivity contribution in [2.24, 2.45) is 23.0 Å². The molecule has 2 saturated carbocycles. The molecule has 3 N–H and O–H groups in total. The maximum atomic E-state index is 6.50. The molecular formula is C14H28N2O. The average Bonchev–Trinajstić information content (AvgIpc) is 2.94. The van der Waals surface area contributed by atoms with Gasteiger partial charge in [0.2, 0.25) is 0 Å². The third kappa shape index (κ3) is 2.38. The number of rotatable bonds is 6. The summed E-state index contributed by atoms with van der Waals surface area (Å²) in [6.45, 7) is 11.7. The van der Waals surface area contributed by atoms with E-state index in [1.165, 1.54) is 6.42 Å². The quantitative estimate of drug-likeness (QED) is 0.744. The Kier molecular flexibility index (Phi) is 3.54. The maximum Gasteiger partial charge on any atom is 0.0662 e. The van der Waals surface area contributed by atoms with Crippen LogP contribution in [0.1, 0.15) is 40.5 Å². The molecule has 0 bridgehead atoms. The molecule has 100 valence electrons. The van der Waals surface area contributed by atoms with Crippen LogP contribution in [0.5, 0.6) is 0 Å². The lowest BCUT2D eigenvalue weighted by atomic mass is 9.54. The van der Waals surface area contributed by atoms with E-state index in [0.717, 1.165) is 38.0 Å². The SMILES string of the molecule is CCOC1CC(N)(CNCC2CC2C)C1(C)C. The molecule has 2 rings (SSSR count). The highest BCUT2D eigenvalue weighted by molar-refractivity contribution is 5.14. The van der Waals surface area contributed by atoms with Crippen molar-refractivity contribution < 1.29 is 4.74 Å². The minimum Gasteiger partial charge on any atom is -0.378 e. The summed E-state index contributed by atoms with van der Waals surface area (Å²) in [5.74, 6) is 1.81. The minimum atomic E-state index is -0.0923. The Balaban J connectivity index is 1.76. The molecule has 4 atom stereocenters. The van der Waals surface area contributed by atoms with Crippen molar-refractivity contribution in [1.82, 2.24) is 5.32 Å².